The highest BCUT2D eigenvalue weighted by molar-refractivity contribution is 7.54. The van der Waals surface area contributed by atoms with E-state index < -0.39 is 43.2 Å². The number of carbonyl (C=O) groups excluding carboxylic acids is 2. The molecule has 2 atom stereocenters. The number of carbonyl (C=O) groups is 2. The van der Waals surface area contributed by atoms with Gasteiger partial charge in [0.1, 0.15) is 5.82 Å². The van der Waals surface area contributed by atoms with Gasteiger partial charge in [0, 0.05) is 26.5 Å². The Morgan fingerprint density at radius 3 is 2.56 bits per heavy atom. The Bertz CT molecular complexity index is 1370. The van der Waals surface area contributed by atoms with E-state index in [0.29, 0.717) is 15.4 Å². The van der Waals surface area contributed by atoms with Crippen LogP contribution in [0.2, 0.25) is 10.0 Å². The van der Waals surface area contributed by atoms with Crippen LogP contribution in [0.5, 0.6) is 0 Å². The molecule has 0 saturated heterocycles. The summed E-state index contributed by atoms with van der Waals surface area (Å²) in [7, 11) is -4.76. The lowest BCUT2D eigenvalue weighted by Gasteiger charge is -2.22. The summed E-state index contributed by atoms with van der Waals surface area (Å²) in [5, 5.41) is 5.10. The first-order valence-electron chi connectivity index (χ1n) is 10.5. The topological polar surface area (TPSA) is 102 Å². The average Bonchev–Trinajstić information content (AvgIpc) is 3.17. The number of halogens is 3. The summed E-state index contributed by atoms with van der Waals surface area (Å²) in [4.78, 5) is 36.0. The maximum atomic E-state index is 14.0. The number of benzene rings is 2. The monoisotopic (exact) mass is 573 g/mol. The quantitative estimate of drug-likeness (QED) is 0.172. The van der Waals surface area contributed by atoms with Crippen molar-refractivity contribution in [3.63, 3.8) is 0 Å². The van der Waals surface area contributed by atoms with Gasteiger partial charge in [-0.2, -0.15) is 0 Å². The first kappa shape index (κ1) is 28.3. The lowest BCUT2D eigenvalue weighted by molar-refractivity contribution is -0.159. The van der Waals surface area contributed by atoms with E-state index in [4.69, 9.17) is 32.5 Å². The zero-order chi connectivity index (χ0) is 26.7. The Morgan fingerprint density at radius 1 is 1.19 bits per heavy atom. The molecule has 0 saturated carbocycles. The second-order valence-electron chi connectivity index (χ2n) is 8.73. The molecule has 3 rings (SSSR count). The van der Waals surface area contributed by atoms with Gasteiger partial charge in [0.25, 0.3) is 0 Å². The highest BCUT2D eigenvalue weighted by atomic mass is 35.5. The van der Waals surface area contributed by atoms with Gasteiger partial charge in [-0.15, -0.1) is 11.3 Å². The van der Waals surface area contributed by atoms with Crippen molar-refractivity contribution in [1.29, 1.82) is 0 Å². The van der Waals surface area contributed by atoms with Crippen molar-refractivity contribution < 1.29 is 32.7 Å². The molecule has 36 heavy (non-hydrogen) atoms. The van der Waals surface area contributed by atoms with Crippen LogP contribution in [-0.4, -0.2) is 23.6 Å². The fraction of sp³-hybridized carbons (Fsp3) is 0.250. The summed E-state index contributed by atoms with van der Waals surface area (Å²) < 4.78 is 38.0. The number of hydrogen-bond acceptors (Lipinski definition) is 6. The van der Waals surface area contributed by atoms with E-state index >= 15 is 0 Å². The molecule has 0 radical (unpaired) electrons. The molecule has 3 aromatic rings. The van der Waals surface area contributed by atoms with Crippen molar-refractivity contribution in [3.8, 4) is 0 Å². The Labute approximate surface area is 221 Å². The predicted molar refractivity (Wildman–Crippen MR) is 139 cm³/mol. The van der Waals surface area contributed by atoms with Crippen LogP contribution < -0.4 is 5.32 Å². The van der Waals surface area contributed by atoms with Gasteiger partial charge in [0.05, 0.1) is 5.41 Å². The van der Waals surface area contributed by atoms with Crippen LogP contribution >= 0.6 is 42.1 Å². The zero-order valence-corrected chi connectivity index (χ0v) is 22.7. The van der Waals surface area contributed by atoms with Crippen LogP contribution in [0, 0.1) is 11.2 Å². The molecule has 0 fully saturated rings. The molecule has 2 aromatic carbocycles. The normalized spacial score (nSPS) is 14.5. The molecule has 192 valence electrons. The fourth-order valence-electron chi connectivity index (χ4n) is 3.08. The summed E-state index contributed by atoms with van der Waals surface area (Å²) in [5.74, 6) is -2.12. The summed E-state index contributed by atoms with van der Waals surface area (Å²) in [6, 6.07) is 8.85. The highest BCUT2D eigenvalue weighted by Gasteiger charge is 2.42. The van der Waals surface area contributed by atoms with Crippen LogP contribution in [0.25, 0.3) is 16.2 Å². The Hall–Kier alpha value is -2.26. The van der Waals surface area contributed by atoms with E-state index in [-0.39, 0.29) is 11.1 Å². The zero-order valence-electron chi connectivity index (χ0n) is 19.5. The maximum absolute atomic E-state index is 14.0. The number of nitrogens with one attached hydrogen (secondary N) is 1. The molecule has 0 bridgehead atoms. The minimum Gasteiger partial charge on any atom is -0.438 e. The van der Waals surface area contributed by atoms with E-state index in [0.717, 1.165) is 10.9 Å². The van der Waals surface area contributed by atoms with Crippen LogP contribution in [0.15, 0.2) is 48.0 Å². The van der Waals surface area contributed by atoms with Crippen LogP contribution in [-0.2, 0) is 23.4 Å². The molecular weight excluding hydrogens is 551 g/mol. The number of fused-ring (bicyclic) bond motifs is 1. The first-order chi connectivity index (χ1) is 16.8. The van der Waals surface area contributed by atoms with Gasteiger partial charge in [-0.05, 0) is 79.6 Å². The summed E-state index contributed by atoms with van der Waals surface area (Å²) >= 11 is 13.2. The second kappa shape index (κ2) is 11.4. The van der Waals surface area contributed by atoms with Crippen molar-refractivity contribution in [3.05, 3.63) is 75.0 Å². The molecule has 0 spiro atoms. The van der Waals surface area contributed by atoms with E-state index in [1.165, 1.54) is 35.6 Å². The predicted octanol–water partition coefficient (Wildman–Crippen LogP) is 6.92. The van der Waals surface area contributed by atoms with Gasteiger partial charge in [-0.25, -0.2) is 4.39 Å². The van der Waals surface area contributed by atoms with Gasteiger partial charge in [-0.3, -0.25) is 18.7 Å². The van der Waals surface area contributed by atoms with E-state index in [1.807, 2.05) is 0 Å². The number of hydrogen-bond donors (Lipinski definition) is 2. The standard InChI is InChI=1S/C24H23Cl2FNO6PS/c1-24(2,3)23(30)33-13-34-35(31,32)21(18-12-36-20-7-5-16(26)11-17(18)20)22(29)28-9-8-14-10-15(25)4-6-19(14)27/h4-12,21H,13H2,1-3H3,(H,28,29)(H,31,32)/b9-8+. The van der Waals surface area contributed by atoms with Gasteiger partial charge in [0.15, 0.2) is 5.66 Å². The van der Waals surface area contributed by atoms with Gasteiger partial charge in [0.2, 0.25) is 12.7 Å². The van der Waals surface area contributed by atoms with Gasteiger partial charge in [-0.1, -0.05) is 23.2 Å². The Balaban J connectivity index is 1.90. The molecule has 0 aliphatic rings. The first-order valence-corrected chi connectivity index (χ1v) is 13.8. The molecule has 12 heteroatoms. The molecule has 1 amide bonds. The molecular formula is C24H23Cl2FNO6PS. The number of thiophene rings is 1. The SMILES string of the molecule is CC(C)(C)C(=O)OCOP(=O)(O)C(C(=O)N/C=C/c1cc(Cl)ccc1F)c1csc2ccc(Cl)cc12. The minimum atomic E-state index is -4.76. The molecule has 0 aliphatic heterocycles. The lowest BCUT2D eigenvalue weighted by atomic mass is 9.98. The van der Waals surface area contributed by atoms with Crippen LogP contribution in [0.1, 0.15) is 37.6 Å². The van der Waals surface area contributed by atoms with Crippen LogP contribution in [0.3, 0.4) is 0 Å². The van der Waals surface area contributed by atoms with E-state index in [1.54, 1.807) is 44.4 Å². The highest BCUT2D eigenvalue weighted by Crippen LogP contribution is 2.58. The van der Waals surface area contributed by atoms with Gasteiger partial charge >= 0.3 is 13.6 Å². The third-order valence-corrected chi connectivity index (χ3v) is 8.01. The fourth-order valence-corrected chi connectivity index (χ4v) is 5.79. The molecule has 1 heterocycles. The molecule has 7 nitrogen and oxygen atoms in total. The van der Waals surface area contributed by atoms with Crippen molar-refractivity contribution in [2.75, 3.05) is 6.79 Å². The Morgan fingerprint density at radius 2 is 1.86 bits per heavy atom. The summed E-state index contributed by atoms with van der Waals surface area (Å²) in [5.41, 5.74) is -2.26. The molecule has 2 N–H and O–H groups in total. The molecule has 1 aromatic heterocycles. The average molecular weight is 574 g/mol. The molecule has 0 aliphatic carbocycles. The largest absolute Gasteiger partial charge is 0.438 e. The van der Waals surface area contributed by atoms with Crippen molar-refractivity contribution in [2.24, 2.45) is 5.41 Å². The molecule has 2 unspecified atom stereocenters. The van der Waals surface area contributed by atoms with Crippen molar-refractivity contribution in [2.45, 2.75) is 26.4 Å². The smallest absolute Gasteiger partial charge is 0.347 e. The minimum absolute atomic E-state index is 0.102. The summed E-state index contributed by atoms with van der Waals surface area (Å²) in [6.45, 7) is 4.00. The maximum Gasteiger partial charge on any atom is 0.347 e. The third kappa shape index (κ3) is 6.94. The number of rotatable bonds is 8. The van der Waals surface area contributed by atoms with Crippen molar-refractivity contribution >= 4 is 70.2 Å². The summed E-state index contributed by atoms with van der Waals surface area (Å²) in [6.07, 6.45) is 2.39. The Kier molecular flexibility index (Phi) is 8.98. The second-order valence-corrected chi connectivity index (χ2v) is 12.4. The number of esters is 1. The third-order valence-electron chi connectivity index (χ3n) is 4.92. The lowest BCUT2D eigenvalue weighted by Crippen LogP contribution is -2.27. The number of amides is 1. The van der Waals surface area contributed by atoms with E-state index in [2.05, 4.69) is 5.32 Å². The van der Waals surface area contributed by atoms with Gasteiger partial charge < -0.3 is 14.9 Å². The number of ether oxygens (including phenoxy) is 1. The van der Waals surface area contributed by atoms with Crippen molar-refractivity contribution in [1.82, 2.24) is 5.32 Å². The van der Waals surface area contributed by atoms with Crippen LogP contribution in [0.4, 0.5) is 4.39 Å². The van der Waals surface area contributed by atoms with E-state index in [9.17, 15) is 23.4 Å².